The molecule has 18 heavy (non-hydrogen) atoms. The van der Waals surface area contributed by atoms with Gasteiger partial charge in [0, 0.05) is 12.1 Å². The van der Waals surface area contributed by atoms with Gasteiger partial charge in [-0.1, -0.05) is 33.6 Å². The van der Waals surface area contributed by atoms with E-state index in [4.69, 9.17) is 0 Å². The highest BCUT2D eigenvalue weighted by atomic mass is 15.0. The largest absolute Gasteiger partial charge is 0.311 e. The van der Waals surface area contributed by atoms with Crippen LogP contribution in [0.15, 0.2) is 0 Å². The first kappa shape index (κ1) is 14.4. The van der Waals surface area contributed by atoms with Crippen molar-refractivity contribution in [1.29, 1.82) is 0 Å². The fourth-order valence-electron chi connectivity index (χ4n) is 4.24. The minimum absolute atomic E-state index is 0.814. The van der Waals surface area contributed by atoms with Gasteiger partial charge in [0.1, 0.15) is 0 Å². The van der Waals surface area contributed by atoms with Crippen LogP contribution < -0.4 is 5.32 Å². The molecular weight excluding hydrogens is 218 g/mol. The lowest BCUT2D eigenvalue weighted by molar-refractivity contribution is 0.186. The Morgan fingerprint density at radius 3 is 2.28 bits per heavy atom. The minimum atomic E-state index is 0.814. The van der Waals surface area contributed by atoms with Crippen LogP contribution >= 0.6 is 0 Å². The first-order chi connectivity index (χ1) is 8.69. The molecule has 0 radical (unpaired) electrons. The highest BCUT2D eigenvalue weighted by Crippen LogP contribution is 2.32. The van der Waals surface area contributed by atoms with E-state index in [0.717, 1.165) is 29.8 Å². The molecule has 2 fully saturated rings. The fourth-order valence-corrected chi connectivity index (χ4v) is 4.24. The quantitative estimate of drug-likeness (QED) is 0.759. The monoisotopic (exact) mass is 251 g/mol. The number of rotatable bonds is 4. The lowest BCUT2D eigenvalue weighted by Gasteiger charge is -2.38. The van der Waals surface area contributed by atoms with Crippen LogP contribution in [0.1, 0.15) is 78.6 Å². The molecule has 1 nitrogen and oxygen atoms in total. The lowest BCUT2D eigenvalue weighted by atomic mass is 9.78. The predicted molar refractivity (Wildman–Crippen MR) is 79.8 cm³/mol. The van der Waals surface area contributed by atoms with Crippen LogP contribution in [0.4, 0.5) is 0 Å². The molecule has 0 aliphatic heterocycles. The summed E-state index contributed by atoms with van der Waals surface area (Å²) in [6.07, 6.45) is 12.9. The van der Waals surface area contributed by atoms with Crippen LogP contribution in [0.25, 0.3) is 0 Å². The predicted octanol–water partition coefficient (Wildman–Crippen LogP) is 4.76. The second-order valence-corrected chi connectivity index (χ2v) is 7.17. The van der Waals surface area contributed by atoms with Gasteiger partial charge in [-0.15, -0.1) is 0 Å². The molecule has 3 unspecified atom stereocenters. The Hall–Kier alpha value is -0.0400. The highest BCUT2D eigenvalue weighted by Gasteiger charge is 2.28. The standard InChI is InChI=1S/C17H33N/c1-4-5-15-7-9-16(10-8-15)18-17-11-6-13(2)12-14(17)3/h13-18H,4-12H2,1-3H3. The van der Waals surface area contributed by atoms with Gasteiger partial charge in [-0.05, 0) is 62.7 Å². The van der Waals surface area contributed by atoms with Crippen molar-refractivity contribution in [3.05, 3.63) is 0 Å². The third kappa shape index (κ3) is 3.98. The molecule has 0 bridgehead atoms. The van der Waals surface area contributed by atoms with Crippen molar-refractivity contribution in [2.75, 3.05) is 0 Å². The molecule has 0 spiro atoms. The maximum atomic E-state index is 3.99. The zero-order chi connectivity index (χ0) is 13.0. The molecule has 0 amide bonds. The zero-order valence-electron chi connectivity index (χ0n) is 12.8. The van der Waals surface area contributed by atoms with Crippen molar-refractivity contribution in [2.45, 2.75) is 90.6 Å². The summed E-state index contributed by atoms with van der Waals surface area (Å²) in [7, 11) is 0. The molecule has 0 saturated heterocycles. The van der Waals surface area contributed by atoms with Crippen LogP contribution in [0, 0.1) is 17.8 Å². The summed E-state index contributed by atoms with van der Waals surface area (Å²) >= 11 is 0. The average molecular weight is 251 g/mol. The van der Waals surface area contributed by atoms with Crippen molar-refractivity contribution < 1.29 is 0 Å². The Bertz CT molecular complexity index is 230. The number of hydrogen-bond acceptors (Lipinski definition) is 1. The Morgan fingerprint density at radius 2 is 1.67 bits per heavy atom. The Balaban J connectivity index is 1.71. The second-order valence-electron chi connectivity index (χ2n) is 7.17. The molecular formula is C17H33N. The van der Waals surface area contributed by atoms with Gasteiger partial charge in [0.2, 0.25) is 0 Å². The van der Waals surface area contributed by atoms with Crippen molar-refractivity contribution in [3.63, 3.8) is 0 Å². The first-order valence-electron chi connectivity index (χ1n) is 8.45. The molecule has 1 N–H and O–H groups in total. The number of nitrogens with one attached hydrogen (secondary N) is 1. The normalized spacial score (nSPS) is 41.8. The summed E-state index contributed by atoms with van der Waals surface area (Å²) in [5.74, 6) is 2.89. The smallest absolute Gasteiger partial charge is 0.00954 e. The average Bonchev–Trinajstić information content (AvgIpc) is 2.35. The van der Waals surface area contributed by atoms with Gasteiger partial charge < -0.3 is 5.32 Å². The molecule has 0 aromatic rings. The minimum Gasteiger partial charge on any atom is -0.311 e. The summed E-state index contributed by atoms with van der Waals surface area (Å²) in [6.45, 7) is 7.20. The third-order valence-corrected chi connectivity index (χ3v) is 5.42. The second kappa shape index (κ2) is 6.93. The number of hydrogen-bond donors (Lipinski definition) is 1. The first-order valence-corrected chi connectivity index (χ1v) is 8.45. The van der Waals surface area contributed by atoms with E-state index < -0.39 is 0 Å². The van der Waals surface area contributed by atoms with E-state index in [-0.39, 0.29) is 0 Å². The van der Waals surface area contributed by atoms with Crippen LogP contribution in [0.2, 0.25) is 0 Å². The zero-order valence-corrected chi connectivity index (χ0v) is 12.8. The Kier molecular flexibility index (Phi) is 5.54. The van der Waals surface area contributed by atoms with E-state index in [1.165, 1.54) is 57.8 Å². The maximum Gasteiger partial charge on any atom is 0.00954 e. The van der Waals surface area contributed by atoms with Gasteiger partial charge in [0.15, 0.2) is 0 Å². The fraction of sp³-hybridized carbons (Fsp3) is 1.00. The van der Waals surface area contributed by atoms with E-state index in [1.807, 2.05) is 0 Å². The topological polar surface area (TPSA) is 12.0 Å². The van der Waals surface area contributed by atoms with E-state index in [9.17, 15) is 0 Å². The van der Waals surface area contributed by atoms with Crippen molar-refractivity contribution in [1.82, 2.24) is 5.32 Å². The van der Waals surface area contributed by atoms with Crippen molar-refractivity contribution in [2.24, 2.45) is 17.8 Å². The van der Waals surface area contributed by atoms with Crippen molar-refractivity contribution in [3.8, 4) is 0 Å². The molecule has 1 heteroatoms. The highest BCUT2D eigenvalue weighted by molar-refractivity contribution is 4.86. The Morgan fingerprint density at radius 1 is 0.944 bits per heavy atom. The summed E-state index contributed by atoms with van der Waals surface area (Å²) in [4.78, 5) is 0. The lowest BCUT2D eigenvalue weighted by Crippen LogP contribution is -2.45. The van der Waals surface area contributed by atoms with Gasteiger partial charge >= 0.3 is 0 Å². The molecule has 2 rings (SSSR count). The van der Waals surface area contributed by atoms with Gasteiger partial charge in [-0.3, -0.25) is 0 Å². The van der Waals surface area contributed by atoms with E-state index in [1.54, 1.807) is 0 Å². The van der Waals surface area contributed by atoms with Crippen LogP contribution in [0.3, 0.4) is 0 Å². The molecule has 2 aliphatic rings. The summed E-state index contributed by atoms with van der Waals surface area (Å²) in [6, 6.07) is 1.65. The van der Waals surface area contributed by atoms with Gasteiger partial charge in [0.25, 0.3) is 0 Å². The van der Waals surface area contributed by atoms with Crippen molar-refractivity contribution >= 4 is 0 Å². The summed E-state index contributed by atoms with van der Waals surface area (Å²) in [5, 5.41) is 3.99. The summed E-state index contributed by atoms with van der Waals surface area (Å²) in [5.41, 5.74) is 0. The SMILES string of the molecule is CCCC1CCC(NC2CCC(C)CC2C)CC1. The van der Waals surface area contributed by atoms with Gasteiger partial charge in [0.05, 0.1) is 0 Å². The maximum absolute atomic E-state index is 3.99. The summed E-state index contributed by atoms with van der Waals surface area (Å²) < 4.78 is 0. The molecule has 0 aromatic heterocycles. The molecule has 2 aliphatic carbocycles. The van der Waals surface area contributed by atoms with Crippen LogP contribution in [-0.4, -0.2) is 12.1 Å². The van der Waals surface area contributed by atoms with Crippen LogP contribution in [-0.2, 0) is 0 Å². The van der Waals surface area contributed by atoms with E-state index in [2.05, 4.69) is 26.1 Å². The Labute approximate surface area is 114 Å². The van der Waals surface area contributed by atoms with Gasteiger partial charge in [-0.25, -0.2) is 0 Å². The van der Waals surface area contributed by atoms with Crippen LogP contribution in [0.5, 0.6) is 0 Å². The molecule has 0 heterocycles. The molecule has 0 aromatic carbocycles. The van der Waals surface area contributed by atoms with E-state index in [0.29, 0.717) is 0 Å². The molecule has 3 atom stereocenters. The molecule has 2 saturated carbocycles. The van der Waals surface area contributed by atoms with E-state index >= 15 is 0 Å². The molecule has 106 valence electrons. The van der Waals surface area contributed by atoms with Gasteiger partial charge in [-0.2, -0.15) is 0 Å². The third-order valence-electron chi connectivity index (χ3n) is 5.42.